The summed E-state index contributed by atoms with van der Waals surface area (Å²) < 4.78 is 21.0. The maximum absolute atomic E-state index is 13.7. The zero-order valence-electron chi connectivity index (χ0n) is 35.8. The first kappa shape index (κ1) is 44.8. The largest absolute Gasteiger partial charge is 0.490 e. The highest BCUT2D eigenvalue weighted by molar-refractivity contribution is 6.06. The molecule has 18 nitrogen and oxygen atoms in total. The van der Waals surface area contributed by atoms with Crippen molar-refractivity contribution in [3.8, 4) is 22.6 Å². The molecule has 6 atom stereocenters. The van der Waals surface area contributed by atoms with Crippen LogP contribution in [0, 0.1) is 0 Å². The first-order valence-electron chi connectivity index (χ1n) is 21.4. The van der Waals surface area contributed by atoms with Crippen molar-refractivity contribution < 1.29 is 53.8 Å². The molecule has 0 radical (unpaired) electrons. The molecule has 340 valence electrons. The van der Waals surface area contributed by atoms with Gasteiger partial charge in [0.1, 0.15) is 35.8 Å². The van der Waals surface area contributed by atoms with Crippen LogP contribution in [0.5, 0.6) is 11.5 Å². The molecule has 5 heterocycles. The van der Waals surface area contributed by atoms with E-state index in [1.807, 2.05) is 48.7 Å². The van der Waals surface area contributed by atoms with Crippen molar-refractivity contribution in [3.63, 3.8) is 0 Å². The summed E-state index contributed by atoms with van der Waals surface area (Å²) in [5.41, 5.74) is 4.71. The standard InChI is InChI=1S/C47H51N7O11/c1-52-24-28(19-35(52)44(60)50-29-9-4-3-5-10-29)27-13-15-30(16-14-27)51-45(61)36-20-31(25-53(36)2)49-40(56)12-8-18-63-37-22-34-33(46(62)54-17-7-6-11-32(54)23-48-34)21-38(37)64-47-43(59)42(58)41(57)39(26-55)65-47/h3-5,9-10,13-16,19-25,32,39,41-43,47,55,57-59H,6-8,11-12,17-18,26H2,1-2H3,(H,49,56)(H,50,60)(H,51,61)/t32-,39+,41+,42-,43+,47+/m0/s1. The molecule has 3 aromatic carbocycles. The summed E-state index contributed by atoms with van der Waals surface area (Å²) in [6.07, 6.45) is 0.303. The third-order valence-electron chi connectivity index (χ3n) is 11.7. The lowest BCUT2D eigenvalue weighted by Gasteiger charge is -2.39. The predicted octanol–water partition coefficient (Wildman–Crippen LogP) is 4.22. The molecule has 5 aromatic rings. The first-order chi connectivity index (χ1) is 31.4. The summed E-state index contributed by atoms with van der Waals surface area (Å²) in [4.78, 5) is 59.4. The number of para-hydroxylation sites is 1. The number of aryl methyl sites for hydroxylation is 2. The molecule has 3 aliphatic rings. The van der Waals surface area contributed by atoms with Crippen LogP contribution in [-0.2, 0) is 23.6 Å². The molecule has 8 rings (SSSR count). The number of aliphatic imine (C=N–C) groups is 1. The van der Waals surface area contributed by atoms with Crippen LogP contribution >= 0.6 is 0 Å². The van der Waals surface area contributed by atoms with Crippen LogP contribution in [0.3, 0.4) is 0 Å². The molecule has 7 N–H and O–H groups in total. The molecule has 2 saturated heterocycles. The number of rotatable bonds is 14. The zero-order chi connectivity index (χ0) is 45.8. The Morgan fingerprint density at radius 1 is 0.785 bits per heavy atom. The van der Waals surface area contributed by atoms with Crippen molar-refractivity contribution in [3.05, 3.63) is 108 Å². The van der Waals surface area contributed by atoms with E-state index in [0.29, 0.717) is 40.7 Å². The molecular formula is C47H51N7O11. The minimum Gasteiger partial charge on any atom is -0.490 e. The summed E-state index contributed by atoms with van der Waals surface area (Å²) in [6, 6.07) is 22.6. The van der Waals surface area contributed by atoms with Gasteiger partial charge in [-0.2, -0.15) is 0 Å². The summed E-state index contributed by atoms with van der Waals surface area (Å²) in [5.74, 6) is -1.11. The smallest absolute Gasteiger partial charge is 0.272 e. The van der Waals surface area contributed by atoms with E-state index in [2.05, 4.69) is 20.9 Å². The number of nitrogens with zero attached hydrogens (tertiary/aromatic N) is 4. The van der Waals surface area contributed by atoms with Crippen LogP contribution in [0.15, 0.2) is 96.2 Å². The third kappa shape index (κ3) is 9.96. The number of ether oxygens (including phenoxy) is 3. The second-order valence-electron chi connectivity index (χ2n) is 16.3. The van der Waals surface area contributed by atoms with Crippen molar-refractivity contribution in [1.29, 1.82) is 0 Å². The lowest BCUT2D eigenvalue weighted by Crippen LogP contribution is -2.60. The van der Waals surface area contributed by atoms with Gasteiger partial charge in [0.15, 0.2) is 11.5 Å². The fourth-order valence-electron chi connectivity index (χ4n) is 8.11. The average Bonchev–Trinajstić information content (AvgIpc) is 3.85. The predicted molar refractivity (Wildman–Crippen MR) is 240 cm³/mol. The summed E-state index contributed by atoms with van der Waals surface area (Å²) >= 11 is 0. The second-order valence-corrected chi connectivity index (χ2v) is 16.3. The number of aliphatic hydroxyl groups excluding tert-OH is 4. The van der Waals surface area contributed by atoms with Gasteiger partial charge in [0.25, 0.3) is 17.7 Å². The van der Waals surface area contributed by atoms with Crippen molar-refractivity contribution in [2.75, 3.05) is 35.7 Å². The van der Waals surface area contributed by atoms with Gasteiger partial charge in [-0.3, -0.25) is 24.2 Å². The van der Waals surface area contributed by atoms with E-state index in [1.165, 1.54) is 12.1 Å². The molecule has 2 aromatic heterocycles. The van der Waals surface area contributed by atoms with Crippen LogP contribution in [0.25, 0.3) is 11.1 Å². The Labute approximate surface area is 374 Å². The van der Waals surface area contributed by atoms with Crippen LogP contribution in [0.1, 0.15) is 63.4 Å². The van der Waals surface area contributed by atoms with E-state index in [9.17, 15) is 39.6 Å². The number of benzene rings is 3. The van der Waals surface area contributed by atoms with Gasteiger partial charge in [0, 0.05) is 68.7 Å². The number of nitrogens with one attached hydrogen (secondary N) is 3. The number of aliphatic hydroxyl groups is 4. The number of carbonyl (C=O) groups is 4. The van der Waals surface area contributed by atoms with Gasteiger partial charge < -0.3 is 64.6 Å². The van der Waals surface area contributed by atoms with E-state index >= 15 is 0 Å². The number of hydrogen-bond acceptors (Lipinski definition) is 12. The molecule has 65 heavy (non-hydrogen) atoms. The van der Waals surface area contributed by atoms with Crippen LogP contribution in [0.2, 0.25) is 0 Å². The van der Waals surface area contributed by atoms with Gasteiger partial charge in [-0.05, 0) is 73.7 Å². The van der Waals surface area contributed by atoms with Crippen molar-refractivity contribution >= 4 is 52.6 Å². The molecule has 0 aliphatic carbocycles. The number of hydrogen-bond donors (Lipinski definition) is 7. The molecule has 4 amide bonds. The molecule has 18 heteroatoms. The van der Waals surface area contributed by atoms with Crippen LogP contribution in [-0.4, -0.2) is 121 Å². The molecule has 0 saturated carbocycles. The summed E-state index contributed by atoms with van der Waals surface area (Å²) in [6.45, 7) is -0.0879. The van der Waals surface area contributed by atoms with Gasteiger partial charge in [0.2, 0.25) is 12.2 Å². The van der Waals surface area contributed by atoms with Gasteiger partial charge in [-0.15, -0.1) is 0 Å². The maximum Gasteiger partial charge on any atom is 0.272 e. The molecule has 0 bridgehead atoms. The second kappa shape index (κ2) is 19.5. The minimum atomic E-state index is -1.71. The van der Waals surface area contributed by atoms with Crippen molar-refractivity contribution in [2.45, 2.75) is 68.9 Å². The van der Waals surface area contributed by atoms with Crippen molar-refractivity contribution in [2.24, 2.45) is 19.1 Å². The molecule has 3 aliphatic heterocycles. The number of amides is 4. The Hall–Kier alpha value is -6.83. The molecule has 2 fully saturated rings. The molecular weight excluding hydrogens is 839 g/mol. The van der Waals surface area contributed by atoms with E-state index in [0.717, 1.165) is 30.4 Å². The zero-order valence-corrected chi connectivity index (χ0v) is 35.8. The fraction of sp³-hybridized carbons (Fsp3) is 0.340. The van der Waals surface area contributed by atoms with Crippen LogP contribution in [0.4, 0.5) is 22.7 Å². The Kier molecular flexibility index (Phi) is 13.4. The Morgan fingerprint density at radius 3 is 2.23 bits per heavy atom. The first-order valence-corrected chi connectivity index (χ1v) is 21.4. The number of anilines is 3. The quantitative estimate of drug-likeness (QED) is 0.0780. The lowest BCUT2D eigenvalue weighted by molar-refractivity contribution is -0.277. The van der Waals surface area contributed by atoms with Gasteiger partial charge in [-0.1, -0.05) is 30.3 Å². The maximum atomic E-state index is 13.7. The topological polar surface area (TPSA) is 238 Å². The molecule has 0 spiro atoms. The van der Waals surface area contributed by atoms with Gasteiger partial charge in [0.05, 0.1) is 36.2 Å². The van der Waals surface area contributed by atoms with Gasteiger partial charge >= 0.3 is 0 Å². The summed E-state index contributed by atoms with van der Waals surface area (Å²) in [7, 11) is 3.49. The number of aromatic nitrogens is 2. The van der Waals surface area contributed by atoms with Crippen molar-refractivity contribution in [1.82, 2.24) is 14.0 Å². The Balaban J connectivity index is 0.870. The molecule has 0 unspecified atom stereocenters. The van der Waals surface area contributed by atoms with E-state index in [1.54, 1.807) is 64.8 Å². The van der Waals surface area contributed by atoms with Crippen LogP contribution < -0.4 is 25.4 Å². The monoisotopic (exact) mass is 889 g/mol. The highest BCUT2D eigenvalue weighted by atomic mass is 16.7. The fourth-order valence-corrected chi connectivity index (χ4v) is 8.11. The van der Waals surface area contributed by atoms with E-state index in [-0.39, 0.29) is 60.3 Å². The number of fused-ring (bicyclic) bond motifs is 2. The number of piperidine rings is 1. The SMILES string of the molecule is Cn1cc(NC(=O)CCCOc2cc3c(cc2O[C@@H]2O[C@H](CO)[C@@H](O)[C@H](O)[C@H]2O)C(=O)N2CCCC[C@H]2C=N3)cc1C(=O)Nc1ccc(-c2cc(C(=O)Nc3ccccc3)n(C)c2)cc1. The summed E-state index contributed by atoms with van der Waals surface area (Å²) in [5, 5.41) is 49.7. The average molecular weight is 890 g/mol. The number of carbonyl (C=O) groups excluding carboxylic acids is 4. The van der Waals surface area contributed by atoms with Gasteiger partial charge in [-0.25, -0.2) is 0 Å². The lowest BCUT2D eigenvalue weighted by atomic mass is 9.99. The van der Waals surface area contributed by atoms with E-state index < -0.39 is 43.2 Å². The Morgan fingerprint density at radius 2 is 1.49 bits per heavy atom. The minimum absolute atomic E-state index is 0.0138. The Bertz CT molecular complexity index is 2570. The van der Waals surface area contributed by atoms with E-state index in [4.69, 9.17) is 14.2 Å². The highest BCUT2D eigenvalue weighted by Crippen LogP contribution is 2.40. The normalized spacial score (nSPS) is 21.4. The third-order valence-corrected chi connectivity index (χ3v) is 11.7. The highest BCUT2D eigenvalue weighted by Gasteiger charge is 2.45.